The van der Waals surface area contributed by atoms with Crippen molar-refractivity contribution in [3.05, 3.63) is 34.9 Å². The molecule has 0 rings (SSSR count). The predicted molar refractivity (Wildman–Crippen MR) is 112 cm³/mol. The van der Waals surface area contributed by atoms with Crippen LogP contribution in [0.5, 0.6) is 0 Å². The first-order valence-corrected chi connectivity index (χ1v) is 12.8. The van der Waals surface area contributed by atoms with Gasteiger partial charge in [-0.25, -0.2) is 0 Å². The van der Waals surface area contributed by atoms with Crippen molar-refractivity contribution in [3.63, 3.8) is 0 Å². The molecule has 0 fully saturated rings. The van der Waals surface area contributed by atoms with Gasteiger partial charge in [-0.3, -0.25) is 9.13 Å². The van der Waals surface area contributed by atoms with Crippen molar-refractivity contribution in [2.24, 2.45) is 0 Å². The zero-order chi connectivity index (χ0) is 21.1. The van der Waals surface area contributed by atoms with Crippen molar-refractivity contribution < 1.29 is 28.7 Å². The van der Waals surface area contributed by atoms with Gasteiger partial charge in [0.25, 0.3) is 0 Å². The molecule has 158 valence electrons. The molecule has 0 saturated carbocycles. The summed E-state index contributed by atoms with van der Waals surface area (Å²) >= 11 is 0. The molecule has 0 aromatic rings. The molecule has 0 heterocycles. The van der Waals surface area contributed by atoms with Crippen molar-refractivity contribution in [1.29, 1.82) is 0 Å². The van der Waals surface area contributed by atoms with Gasteiger partial charge in [0.15, 0.2) is 5.40 Å². The van der Waals surface area contributed by atoms with E-state index in [1.807, 2.05) is 0 Å². The van der Waals surface area contributed by atoms with Crippen molar-refractivity contribution in [3.8, 4) is 0 Å². The summed E-state index contributed by atoms with van der Waals surface area (Å²) in [4.78, 5) is 36.3. The second kappa shape index (κ2) is 12.9. The Kier molecular flexibility index (Phi) is 12.6. The van der Waals surface area contributed by atoms with Gasteiger partial charge in [-0.2, -0.15) is 0 Å². The molecule has 0 atom stereocenters. The Hall–Kier alpha value is -0.480. The molecule has 0 aromatic heterocycles. The number of hydrogen-bond donors (Lipinski definition) is 4. The Morgan fingerprint density at radius 1 is 0.741 bits per heavy atom. The van der Waals surface area contributed by atoms with Gasteiger partial charge in [-0.15, -0.1) is 0 Å². The molecule has 0 aromatic carbocycles. The Morgan fingerprint density at radius 3 is 1.63 bits per heavy atom. The van der Waals surface area contributed by atoms with E-state index in [4.69, 9.17) is 19.6 Å². The summed E-state index contributed by atoms with van der Waals surface area (Å²) in [7, 11) is -9.58. The van der Waals surface area contributed by atoms with Gasteiger partial charge in [0, 0.05) is 0 Å². The van der Waals surface area contributed by atoms with Crippen molar-refractivity contribution in [1.82, 2.24) is 0 Å². The molecule has 0 unspecified atom stereocenters. The van der Waals surface area contributed by atoms with E-state index in [1.165, 1.54) is 16.7 Å². The van der Waals surface area contributed by atoms with Crippen LogP contribution in [0.3, 0.4) is 0 Å². The van der Waals surface area contributed by atoms with Crippen LogP contribution < -0.4 is 0 Å². The monoisotopic (exact) mass is 422 g/mol. The first-order valence-electron chi connectivity index (χ1n) is 9.39. The summed E-state index contributed by atoms with van der Waals surface area (Å²) in [5.74, 6) is 0. The summed E-state index contributed by atoms with van der Waals surface area (Å²) in [6.45, 7) is 8.41. The molecule has 4 N–H and O–H groups in total. The van der Waals surface area contributed by atoms with Crippen LogP contribution in [0.15, 0.2) is 34.9 Å². The van der Waals surface area contributed by atoms with E-state index in [9.17, 15) is 9.13 Å². The molecule has 0 radical (unpaired) electrons. The smallest absolute Gasteiger partial charge is 0.324 e. The van der Waals surface area contributed by atoms with Gasteiger partial charge >= 0.3 is 15.2 Å². The van der Waals surface area contributed by atoms with Gasteiger partial charge in [0.1, 0.15) is 0 Å². The average Bonchev–Trinajstić information content (AvgIpc) is 2.47. The maximum atomic E-state index is 11.2. The first-order chi connectivity index (χ1) is 12.3. The number of hydrogen-bond acceptors (Lipinski definition) is 2. The highest BCUT2D eigenvalue weighted by Gasteiger charge is 2.42. The van der Waals surface area contributed by atoms with Crippen molar-refractivity contribution in [2.75, 3.05) is 0 Å². The highest BCUT2D eigenvalue weighted by atomic mass is 31.2. The summed E-state index contributed by atoms with van der Waals surface area (Å²) in [5.41, 5.74) is 3.99. The molecule has 0 spiro atoms. The third-order valence-electron chi connectivity index (χ3n) is 4.31. The van der Waals surface area contributed by atoms with Crippen LogP contribution in [0.1, 0.15) is 79.1 Å². The van der Waals surface area contributed by atoms with Crippen LogP contribution in [0.2, 0.25) is 0 Å². The first kappa shape index (κ1) is 26.5. The fraction of sp³-hybridized carbons (Fsp3) is 0.684. The lowest BCUT2D eigenvalue weighted by Gasteiger charge is -2.19. The number of unbranched alkanes of at least 4 members (excludes halogenated alkanes) is 2. The molecule has 27 heavy (non-hydrogen) atoms. The largest absolute Gasteiger partial charge is 0.340 e. The molecule has 8 heteroatoms. The molecule has 0 aliphatic carbocycles. The maximum Gasteiger partial charge on any atom is 0.340 e. The Bertz CT molecular complexity index is 598. The highest BCUT2D eigenvalue weighted by molar-refractivity contribution is 7.70. The summed E-state index contributed by atoms with van der Waals surface area (Å²) < 4.78 is 22.4. The lowest BCUT2D eigenvalue weighted by Crippen LogP contribution is -2.09. The fourth-order valence-electron chi connectivity index (χ4n) is 2.69. The topological polar surface area (TPSA) is 115 Å². The van der Waals surface area contributed by atoms with E-state index in [0.717, 1.165) is 32.1 Å². The lowest BCUT2D eigenvalue weighted by atomic mass is 10.1. The SMILES string of the molecule is CC(C)=CCC/C(C)=C/CC/C(C)=C/CCCCC(P(=O)(O)O)P(=O)(O)O. The number of rotatable bonds is 13. The zero-order valence-corrected chi connectivity index (χ0v) is 18.8. The Labute approximate surface area is 163 Å². The van der Waals surface area contributed by atoms with Crippen LogP contribution in [0.4, 0.5) is 0 Å². The van der Waals surface area contributed by atoms with E-state index >= 15 is 0 Å². The van der Waals surface area contributed by atoms with Crippen molar-refractivity contribution in [2.45, 2.75) is 84.5 Å². The van der Waals surface area contributed by atoms with Crippen LogP contribution in [0, 0.1) is 0 Å². The second-order valence-electron chi connectivity index (χ2n) is 7.40. The van der Waals surface area contributed by atoms with Crippen LogP contribution in [-0.2, 0) is 9.13 Å². The molecular formula is C19H36O6P2. The van der Waals surface area contributed by atoms with E-state index in [1.54, 1.807) is 0 Å². The van der Waals surface area contributed by atoms with E-state index in [2.05, 4.69) is 45.9 Å². The minimum atomic E-state index is -4.79. The van der Waals surface area contributed by atoms with Crippen LogP contribution in [0.25, 0.3) is 0 Å². The second-order valence-corrected chi connectivity index (χ2v) is 11.4. The normalized spacial score (nSPS) is 14.0. The maximum absolute atomic E-state index is 11.2. The molecule has 0 aliphatic heterocycles. The van der Waals surface area contributed by atoms with E-state index in [0.29, 0.717) is 12.8 Å². The summed E-state index contributed by atoms with van der Waals surface area (Å²) in [6.07, 6.45) is 12.3. The molecule has 6 nitrogen and oxygen atoms in total. The van der Waals surface area contributed by atoms with Crippen molar-refractivity contribution >= 4 is 15.2 Å². The number of allylic oxidation sites excluding steroid dienone is 6. The minimum absolute atomic E-state index is 0.172. The fourth-order valence-corrected chi connectivity index (χ4v) is 5.30. The molecule has 0 amide bonds. The Balaban J connectivity index is 4.18. The molecule has 0 bridgehead atoms. The van der Waals surface area contributed by atoms with E-state index in [-0.39, 0.29) is 6.42 Å². The quantitative estimate of drug-likeness (QED) is 0.173. The lowest BCUT2D eigenvalue weighted by molar-refractivity contribution is 0.334. The molecule has 0 saturated heterocycles. The molecular weight excluding hydrogens is 386 g/mol. The minimum Gasteiger partial charge on any atom is -0.324 e. The third kappa shape index (κ3) is 14.2. The highest BCUT2D eigenvalue weighted by Crippen LogP contribution is 2.61. The predicted octanol–water partition coefficient (Wildman–Crippen LogP) is 5.65. The average molecular weight is 422 g/mol. The van der Waals surface area contributed by atoms with E-state index < -0.39 is 20.6 Å². The summed E-state index contributed by atoms with van der Waals surface area (Å²) in [5, 5.41) is -1.88. The van der Waals surface area contributed by atoms with Gasteiger partial charge in [-0.05, 0) is 72.6 Å². The molecule has 0 aliphatic rings. The zero-order valence-electron chi connectivity index (χ0n) is 17.0. The standard InChI is InChI=1S/C19H36O6P2/c1-16(2)10-8-12-18(4)14-9-13-17(3)11-6-5-7-15-19(26(20,21)22)27(23,24)25/h10-11,14,19H,5-9,12-13,15H2,1-4H3,(H2,20,21,22)(H2,23,24,25)/b17-11+,18-14+. The third-order valence-corrected chi connectivity index (χ3v) is 8.18. The van der Waals surface area contributed by atoms with Crippen LogP contribution >= 0.6 is 15.2 Å². The van der Waals surface area contributed by atoms with Gasteiger partial charge in [0.05, 0.1) is 0 Å². The van der Waals surface area contributed by atoms with Gasteiger partial charge in [-0.1, -0.05) is 41.4 Å². The Morgan fingerprint density at radius 2 is 1.19 bits per heavy atom. The van der Waals surface area contributed by atoms with Gasteiger partial charge < -0.3 is 19.6 Å². The van der Waals surface area contributed by atoms with Crippen LogP contribution in [-0.4, -0.2) is 25.0 Å². The van der Waals surface area contributed by atoms with Gasteiger partial charge in [0.2, 0.25) is 0 Å². The summed E-state index contributed by atoms with van der Waals surface area (Å²) in [6, 6.07) is 0.